The summed E-state index contributed by atoms with van der Waals surface area (Å²) in [6.07, 6.45) is 54.3. The molecule has 0 bridgehead atoms. The fraction of sp³-hybridized carbons (Fsp3) is 0.964. The molecule has 66 heavy (non-hydrogen) atoms. The SMILES string of the molecule is CCCCCCCCCCCCCCCCCCCCCCCCCCCCC(=O)OC(COC(=O)CCCCCCCCCCCCCCCCCC)COP(=O)([O-])OCC[N+](C)(C)C. The normalized spacial score (nSPS) is 13.2. The second-order valence-corrected chi connectivity index (χ2v) is 22.4. The lowest BCUT2D eigenvalue weighted by Crippen LogP contribution is -2.37. The third-order valence-corrected chi connectivity index (χ3v) is 14.1. The average molecular weight is 958 g/mol. The van der Waals surface area contributed by atoms with Gasteiger partial charge in [-0.1, -0.05) is 271 Å². The zero-order valence-electron chi connectivity index (χ0n) is 44.7. The maximum absolute atomic E-state index is 12.8. The molecule has 0 spiro atoms. The van der Waals surface area contributed by atoms with Crippen LogP contribution in [0.25, 0.3) is 0 Å². The number of phosphoric ester groups is 1. The molecular formula is C56H112NO8P. The summed E-state index contributed by atoms with van der Waals surface area (Å²) in [6, 6.07) is 0. The monoisotopic (exact) mass is 958 g/mol. The van der Waals surface area contributed by atoms with Gasteiger partial charge in [-0.05, 0) is 12.8 Å². The molecule has 0 aliphatic heterocycles. The first kappa shape index (κ1) is 65.0. The van der Waals surface area contributed by atoms with E-state index in [1.54, 1.807) is 0 Å². The van der Waals surface area contributed by atoms with Gasteiger partial charge in [0.05, 0.1) is 27.7 Å². The van der Waals surface area contributed by atoms with Crippen LogP contribution in [-0.4, -0.2) is 70.0 Å². The summed E-state index contributed by atoms with van der Waals surface area (Å²) in [4.78, 5) is 37.8. The molecule has 0 saturated heterocycles. The maximum atomic E-state index is 12.8. The van der Waals surface area contributed by atoms with Crippen LogP contribution in [0.2, 0.25) is 0 Å². The van der Waals surface area contributed by atoms with Crippen LogP contribution in [0.15, 0.2) is 0 Å². The van der Waals surface area contributed by atoms with Gasteiger partial charge in [-0.15, -0.1) is 0 Å². The van der Waals surface area contributed by atoms with Crippen molar-refractivity contribution in [3.8, 4) is 0 Å². The van der Waals surface area contributed by atoms with E-state index in [-0.39, 0.29) is 32.0 Å². The molecule has 0 radical (unpaired) electrons. The predicted molar refractivity (Wildman–Crippen MR) is 278 cm³/mol. The van der Waals surface area contributed by atoms with Gasteiger partial charge in [0.1, 0.15) is 19.8 Å². The summed E-state index contributed by atoms with van der Waals surface area (Å²) < 4.78 is 34.1. The van der Waals surface area contributed by atoms with Crippen molar-refractivity contribution in [2.75, 3.05) is 47.5 Å². The number of carbonyl (C=O) groups is 2. The Kier molecular flexibility index (Phi) is 48.3. The molecule has 394 valence electrons. The Labute approximate surface area is 410 Å². The number of rotatable bonds is 54. The standard InChI is InChI=1S/C56H112NO8P/c1-6-8-10-12-14-16-18-20-22-24-25-26-27-28-29-30-31-32-33-35-37-39-41-43-45-47-49-56(59)65-54(53-64-66(60,61)63-51-50-57(3,4)5)52-62-55(58)48-46-44-42-40-38-36-34-23-21-19-17-15-13-11-9-7-2/h54H,6-53H2,1-5H3. The molecule has 0 fully saturated rings. The van der Waals surface area contributed by atoms with E-state index in [0.717, 1.165) is 32.1 Å². The van der Waals surface area contributed by atoms with Crippen molar-refractivity contribution in [2.24, 2.45) is 0 Å². The van der Waals surface area contributed by atoms with Crippen LogP contribution in [0.3, 0.4) is 0 Å². The molecular weight excluding hydrogens is 846 g/mol. The number of unbranched alkanes of at least 4 members (excludes halogenated alkanes) is 40. The molecule has 0 amide bonds. The average Bonchev–Trinajstić information content (AvgIpc) is 3.27. The van der Waals surface area contributed by atoms with Gasteiger partial charge in [-0.2, -0.15) is 0 Å². The maximum Gasteiger partial charge on any atom is 0.306 e. The van der Waals surface area contributed by atoms with E-state index in [4.69, 9.17) is 18.5 Å². The van der Waals surface area contributed by atoms with Crippen LogP contribution in [0.4, 0.5) is 0 Å². The van der Waals surface area contributed by atoms with Gasteiger partial charge < -0.3 is 27.9 Å². The van der Waals surface area contributed by atoms with Gasteiger partial charge in [0.2, 0.25) is 0 Å². The van der Waals surface area contributed by atoms with Gasteiger partial charge in [0, 0.05) is 12.8 Å². The van der Waals surface area contributed by atoms with Crippen molar-refractivity contribution in [1.82, 2.24) is 0 Å². The molecule has 0 aromatic heterocycles. The van der Waals surface area contributed by atoms with E-state index in [0.29, 0.717) is 17.4 Å². The van der Waals surface area contributed by atoms with Gasteiger partial charge in [0.25, 0.3) is 7.82 Å². The highest BCUT2D eigenvalue weighted by Crippen LogP contribution is 2.38. The summed E-state index contributed by atoms with van der Waals surface area (Å²) in [5.41, 5.74) is 0. The van der Waals surface area contributed by atoms with Crippen molar-refractivity contribution < 1.29 is 42.1 Å². The second kappa shape index (κ2) is 49.0. The van der Waals surface area contributed by atoms with Crippen molar-refractivity contribution in [3.63, 3.8) is 0 Å². The lowest BCUT2D eigenvalue weighted by Gasteiger charge is -2.28. The smallest absolute Gasteiger partial charge is 0.306 e. The highest BCUT2D eigenvalue weighted by Gasteiger charge is 2.22. The van der Waals surface area contributed by atoms with E-state index >= 15 is 0 Å². The van der Waals surface area contributed by atoms with Crippen LogP contribution in [0.1, 0.15) is 296 Å². The summed E-state index contributed by atoms with van der Waals surface area (Å²) >= 11 is 0. The van der Waals surface area contributed by atoms with Crippen LogP contribution in [0, 0.1) is 0 Å². The number of carbonyl (C=O) groups excluding carboxylic acids is 2. The lowest BCUT2D eigenvalue weighted by atomic mass is 10.0. The molecule has 0 heterocycles. The molecule has 0 rings (SSSR count). The Balaban J connectivity index is 4.08. The Bertz CT molecular complexity index is 1080. The minimum atomic E-state index is -4.62. The molecule has 2 atom stereocenters. The van der Waals surface area contributed by atoms with Crippen molar-refractivity contribution in [2.45, 2.75) is 302 Å². The van der Waals surface area contributed by atoms with Crippen LogP contribution in [-0.2, 0) is 32.7 Å². The van der Waals surface area contributed by atoms with Crippen LogP contribution >= 0.6 is 7.82 Å². The van der Waals surface area contributed by atoms with Gasteiger partial charge in [0.15, 0.2) is 6.10 Å². The summed E-state index contributed by atoms with van der Waals surface area (Å²) in [5.74, 6) is -0.810. The van der Waals surface area contributed by atoms with E-state index in [1.165, 1.54) is 231 Å². The molecule has 0 aromatic carbocycles. The fourth-order valence-corrected chi connectivity index (χ4v) is 9.39. The quantitative estimate of drug-likeness (QED) is 0.0256. The molecule has 0 saturated carbocycles. The zero-order chi connectivity index (χ0) is 48.5. The van der Waals surface area contributed by atoms with Crippen molar-refractivity contribution >= 4 is 19.8 Å². The number of ether oxygens (including phenoxy) is 2. The first-order valence-corrected chi connectivity index (χ1v) is 30.2. The minimum Gasteiger partial charge on any atom is -0.756 e. The van der Waals surface area contributed by atoms with E-state index in [9.17, 15) is 19.0 Å². The molecule has 0 aliphatic rings. The third-order valence-electron chi connectivity index (χ3n) is 13.1. The topological polar surface area (TPSA) is 111 Å². The Morgan fingerprint density at radius 1 is 0.409 bits per heavy atom. The molecule has 9 nitrogen and oxygen atoms in total. The summed E-state index contributed by atoms with van der Waals surface area (Å²) in [6.45, 7) is 4.31. The number of esters is 2. The molecule has 0 N–H and O–H groups in total. The second-order valence-electron chi connectivity index (χ2n) is 21.0. The Morgan fingerprint density at radius 3 is 0.970 bits per heavy atom. The van der Waals surface area contributed by atoms with Crippen molar-refractivity contribution in [3.05, 3.63) is 0 Å². The van der Waals surface area contributed by atoms with Gasteiger partial charge in [-0.3, -0.25) is 14.2 Å². The highest BCUT2D eigenvalue weighted by atomic mass is 31.2. The molecule has 0 aliphatic carbocycles. The number of hydrogen-bond acceptors (Lipinski definition) is 8. The number of phosphoric acid groups is 1. The predicted octanol–water partition coefficient (Wildman–Crippen LogP) is 16.9. The van der Waals surface area contributed by atoms with E-state index in [2.05, 4.69) is 13.8 Å². The summed E-state index contributed by atoms with van der Waals surface area (Å²) in [5, 5.41) is 0. The first-order valence-electron chi connectivity index (χ1n) is 28.7. The van der Waals surface area contributed by atoms with Gasteiger partial charge in [-0.25, -0.2) is 0 Å². The Morgan fingerprint density at radius 2 is 0.682 bits per heavy atom. The highest BCUT2D eigenvalue weighted by molar-refractivity contribution is 7.45. The number of nitrogens with zero attached hydrogens (tertiary/aromatic N) is 1. The number of quaternary nitrogens is 1. The largest absolute Gasteiger partial charge is 0.756 e. The summed E-state index contributed by atoms with van der Waals surface area (Å²) in [7, 11) is 1.19. The lowest BCUT2D eigenvalue weighted by molar-refractivity contribution is -0.870. The fourth-order valence-electron chi connectivity index (χ4n) is 8.66. The first-order chi connectivity index (χ1) is 32.0. The number of likely N-dealkylation sites (N-methyl/N-ethyl adjacent to an activating group) is 1. The molecule has 2 unspecified atom stereocenters. The van der Waals surface area contributed by atoms with Crippen LogP contribution < -0.4 is 4.89 Å². The molecule has 10 heteroatoms. The zero-order valence-corrected chi connectivity index (χ0v) is 45.6. The van der Waals surface area contributed by atoms with Crippen molar-refractivity contribution in [1.29, 1.82) is 0 Å². The molecule has 0 aromatic rings. The third kappa shape index (κ3) is 52.4. The van der Waals surface area contributed by atoms with E-state index in [1.807, 2.05) is 21.1 Å². The van der Waals surface area contributed by atoms with E-state index < -0.39 is 26.5 Å². The Hall–Kier alpha value is -0.990. The van der Waals surface area contributed by atoms with Gasteiger partial charge >= 0.3 is 11.9 Å². The minimum absolute atomic E-state index is 0.0252. The van der Waals surface area contributed by atoms with Crippen LogP contribution in [0.5, 0.6) is 0 Å². The number of hydrogen-bond donors (Lipinski definition) is 0.